The smallest absolute Gasteiger partial charge is 0.245 e. The molecule has 1 aromatic heterocycles. The molecule has 2 heterocycles. The van der Waals surface area contributed by atoms with Gasteiger partial charge < -0.3 is 16.4 Å². The first-order valence-electron chi connectivity index (χ1n) is 5.33. The van der Waals surface area contributed by atoms with Crippen molar-refractivity contribution in [2.45, 2.75) is 25.4 Å². The van der Waals surface area contributed by atoms with E-state index in [2.05, 4.69) is 15.7 Å². The van der Waals surface area contributed by atoms with E-state index in [1.54, 1.807) is 26.1 Å². The number of aromatic nitrogens is 2. The van der Waals surface area contributed by atoms with Crippen molar-refractivity contribution in [1.29, 1.82) is 0 Å². The van der Waals surface area contributed by atoms with Crippen molar-refractivity contribution in [2.75, 3.05) is 18.4 Å². The molecule has 0 aromatic carbocycles. The second-order valence-corrected chi connectivity index (χ2v) is 4.65. The standard InChI is InChI=1S/C10H17N5O/c1-10(2,11)9(16)14-8-3-4-13-15(8)7-5-12-6-7/h3-4,7,12H,5-6,11H2,1-2H3,(H,14,16). The van der Waals surface area contributed by atoms with E-state index in [0.29, 0.717) is 11.9 Å². The van der Waals surface area contributed by atoms with Gasteiger partial charge in [-0.1, -0.05) is 0 Å². The highest BCUT2D eigenvalue weighted by Gasteiger charge is 2.26. The number of nitrogens with zero attached hydrogens (tertiary/aromatic N) is 2. The molecule has 1 aliphatic rings. The van der Waals surface area contributed by atoms with Crippen molar-refractivity contribution >= 4 is 11.7 Å². The summed E-state index contributed by atoms with van der Waals surface area (Å²) >= 11 is 0. The fraction of sp³-hybridized carbons (Fsp3) is 0.600. The molecule has 0 saturated carbocycles. The van der Waals surface area contributed by atoms with Gasteiger partial charge in [0.15, 0.2) is 0 Å². The molecule has 0 bridgehead atoms. The maximum absolute atomic E-state index is 11.7. The predicted octanol–water partition coefficient (Wildman–Crippen LogP) is -0.297. The summed E-state index contributed by atoms with van der Waals surface area (Å²) in [6.07, 6.45) is 1.68. The van der Waals surface area contributed by atoms with Gasteiger partial charge in [-0.05, 0) is 13.8 Å². The largest absolute Gasteiger partial charge is 0.318 e. The Morgan fingerprint density at radius 2 is 2.38 bits per heavy atom. The van der Waals surface area contributed by atoms with Crippen LogP contribution in [-0.4, -0.2) is 34.3 Å². The lowest BCUT2D eigenvalue weighted by molar-refractivity contribution is -0.120. The second kappa shape index (κ2) is 3.88. The van der Waals surface area contributed by atoms with Crippen LogP contribution in [0.2, 0.25) is 0 Å². The third-order valence-electron chi connectivity index (χ3n) is 2.60. The van der Waals surface area contributed by atoms with Crippen molar-refractivity contribution in [1.82, 2.24) is 15.1 Å². The maximum Gasteiger partial charge on any atom is 0.245 e. The van der Waals surface area contributed by atoms with Crippen molar-refractivity contribution in [3.05, 3.63) is 12.3 Å². The van der Waals surface area contributed by atoms with Crippen molar-refractivity contribution in [3.63, 3.8) is 0 Å². The lowest BCUT2D eigenvalue weighted by Gasteiger charge is -2.29. The molecule has 0 radical (unpaired) electrons. The minimum atomic E-state index is -0.882. The third kappa shape index (κ3) is 2.07. The second-order valence-electron chi connectivity index (χ2n) is 4.65. The Morgan fingerprint density at radius 1 is 1.69 bits per heavy atom. The summed E-state index contributed by atoms with van der Waals surface area (Å²) in [5.41, 5.74) is 4.83. The lowest BCUT2D eigenvalue weighted by Crippen LogP contribution is -2.47. The fourth-order valence-electron chi connectivity index (χ4n) is 1.43. The van der Waals surface area contributed by atoms with Crippen LogP contribution in [-0.2, 0) is 4.79 Å². The summed E-state index contributed by atoms with van der Waals surface area (Å²) in [6.45, 7) is 5.12. The van der Waals surface area contributed by atoms with E-state index < -0.39 is 5.54 Å². The highest BCUT2D eigenvalue weighted by atomic mass is 16.2. The van der Waals surface area contributed by atoms with Gasteiger partial charge in [0.2, 0.25) is 5.91 Å². The van der Waals surface area contributed by atoms with Gasteiger partial charge in [0.05, 0.1) is 17.8 Å². The number of nitrogens with one attached hydrogen (secondary N) is 2. The number of hydrogen-bond donors (Lipinski definition) is 3. The summed E-state index contributed by atoms with van der Waals surface area (Å²) in [5, 5.41) is 10.1. The number of anilines is 1. The predicted molar refractivity (Wildman–Crippen MR) is 61.0 cm³/mol. The van der Waals surface area contributed by atoms with Gasteiger partial charge in [-0.2, -0.15) is 5.10 Å². The summed E-state index contributed by atoms with van der Waals surface area (Å²) in [5.74, 6) is 0.497. The van der Waals surface area contributed by atoms with Crippen LogP contribution in [0.1, 0.15) is 19.9 Å². The molecule has 0 unspecified atom stereocenters. The quantitative estimate of drug-likeness (QED) is 0.657. The molecule has 0 atom stereocenters. The zero-order valence-electron chi connectivity index (χ0n) is 9.53. The van der Waals surface area contributed by atoms with E-state index in [-0.39, 0.29) is 5.91 Å². The summed E-state index contributed by atoms with van der Waals surface area (Å²) in [6, 6.07) is 2.10. The summed E-state index contributed by atoms with van der Waals surface area (Å²) in [4.78, 5) is 11.7. The molecule has 2 rings (SSSR count). The fourth-order valence-corrected chi connectivity index (χ4v) is 1.43. The van der Waals surface area contributed by atoms with Crippen LogP contribution < -0.4 is 16.4 Å². The molecule has 6 nitrogen and oxygen atoms in total. The highest BCUT2D eigenvalue weighted by molar-refractivity contribution is 5.96. The van der Waals surface area contributed by atoms with Gasteiger partial charge in [-0.15, -0.1) is 0 Å². The van der Waals surface area contributed by atoms with E-state index in [9.17, 15) is 4.79 Å². The first-order chi connectivity index (χ1) is 7.48. The van der Waals surface area contributed by atoms with Gasteiger partial charge >= 0.3 is 0 Å². The molecule has 1 amide bonds. The number of carbonyl (C=O) groups excluding carboxylic acids is 1. The Labute approximate surface area is 94.2 Å². The summed E-state index contributed by atoms with van der Waals surface area (Å²) < 4.78 is 1.82. The molecular formula is C10H17N5O. The lowest BCUT2D eigenvalue weighted by atomic mass is 10.1. The molecule has 1 aliphatic heterocycles. The molecule has 4 N–H and O–H groups in total. The van der Waals surface area contributed by atoms with Crippen LogP contribution in [0.25, 0.3) is 0 Å². The minimum absolute atomic E-state index is 0.207. The molecule has 1 aromatic rings. The van der Waals surface area contributed by atoms with Gasteiger partial charge in [-0.3, -0.25) is 4.79 Å². The van der Waals surface area contributed by atoms with E-state index in [4.69, 9.17) is 5.73 Å². The van der Waals surface area contributed by atoms with Crippen LogP contribution in [0, 0.1) is 0 Å². The minimum Gasteiger partial charge on any atom is -0.318 e. The van der Waals surface area contributed by atoms with Gasteiger partial charge in [-0.25, -0.2) is 4.68 Å². The van der Waals surface area contributed by atoms with Gasteiger partial charge in [0, 0.05) is 19.2 Å². The normalized spacial score (nSPS) is 16.9. The van der Waals surface area contributed by atoms with Crippen LogP contribution in [0.15, 0.2) is 12.3 Å². The molecular weight excluding hydrogens is 206 g/mol. The van der Waals surface area contributed by atoms with Crippen molar-refractivity contribution in [3.8, 4) is 0 Å². The van der Waals surface area contributed by atoms with Gasteiger partial charge in [0.25, 0.3) is 0 Å². The van der Waals surface area contributed by atoms with Gasteiger partial charge in [0.1, 0.15) is 5.82 Å². The average molecular weight is 223 g/mol. The van der Waals surface area contributed by atoms with Crippen molar-refractivity contribution < 1.29 is 4.79 Å². The summed E-state index contributed by atoms with van der Waals surface area (Å²) in [7, 11) is 0. The number of carbonyl (C=O) groups is 1. The Balaban J connectivity index is 2.09. The molecule has 0 aliphatic carbocycles. The van der Waals surface area contributed by atoms with E-state index in [1.165, 1.54) is 0 Å². The number of nitrogens with two attached hydrogens (primary N) is 1. The van der Waals surface area contributed by atoms with E-state index in [1.807, 2.05) is 4.68 Å². The number of amides is 1. The molecule has 1 saturated heterocycles. The number of rotatable bonds is 3. The molecule has 16 heavy (non-hydrogen) atoms. The Hall–Kier alpha value is -1.40. The molecule has 1 fully saturated rings. The SMILES string of the molecule is CC(C)(N)C(=O)Nc1ccnn1C1CNC1. The van der Waals surface area contributed by atoms with E-state index in [0.717, 1.165) is 13.1 Å². The van der Waals surface area contributed by atoms with Crippen molar-refractivity contribution in [2.24, 2.45) is 5.73 Å². The third-order valence-corrected chi connectivity index (χ3v) is 2.60. The zero-order valence-corrected chi connectivity index (χ0v) is 9.53. The van der Waals surface area contributed by atoms with Crippen LogP contribution >= 0.6 is 0 Å². The monoisotopic (exact) mass is 223 g/mol. The van der Waals surface area contributed by atoms with Crippen LogP contribution in [0.4, 0.5) is 5.82 Å². The number of hydrogen-bond acceptors (Lipinski definition) is 4. The van der Waals surface area contributed by atoms with E-state index >= 15 is 0 Å². The topological polar surface area (TPSA) is 85.0 Å². The average Bonchev–Trinajstić information content (AvgIpc) is 2.48. The first kappa shape index (κ1) is 11.1. The Bertz CT molecular complexity index is 388. The van der Waals surface area contributed by atoms with Crippen LogP contribution in [0.5, 0.6) is 0 Å². The molecule has 88 valence electrons. The first-order valence-corrected chi connectivity index (χ1v) is 5.33. The zero-order chi connectivity index (χ0) is 11.8. The highest BCUT2D eigenvalue weighted by Crippen LogP contribution is 2.18. The Kier molecular flexibility index (Phi) is 2.69. The van der Waals surface area contributed by atoms with Crippen LogP contribution in [0.3, 0.4) is 0 Å². The maximum atomic E-state index is 11.7. The Morgan fingerprint density at radius 3 is 2.88 bits per heavy atom. The molecule has 6 heteroatoms. The molecule has 0 spiro atoms.